The predicted octanol–water partition coefficient (Wildman–Crippen LogP) is 1.58. The molecule has 0 bridgehead atoms. The zero-order chi connectivity index (χ0) is 13.6. The number of rotatable bonds is 4. The van der Waals surface area contributed by atoms with Crippen LogP contribution in [0.1, 0.15) is 27.2 Å². The van der Waals surface area contributed by atoms with E-state index in [-0.39, 0.29) is 6.09 Å². The molecule has 0 spiro atoms. The van der Waals surface area contributed by atoms with Crippen LogP contribution >= 0.6 is 0 Å². The number of piperazine rings is 1. The highest BCUT2D eigenvalue weighted by atomic mass is 16.6. The fourth-order valence-electron chi connectivity index (χ4n) is 1.91. The van der Waals surface area contributed by atoms with Crippen LogP contribution < -0.4 is 0 Å². The molecule has 5 nitrogen and oxygen atoms in total. The summed E-state index contributed by atoms with van der Waals surface area (Å²) in [4.78, 5) is 16.0. The van der Waals surface area contributed by atoms with Crippen molar-refractivity contribution in [2.75, 3.05) is 46.4 Å². The van der Waals surface area contributed by atoms with Crippen LogP contribution in [-0.2, 0) is 9.47 Å². The first-order chi connectivity index (χ1) is 8.42. The molecular weight excluding hydrogens is 232 g/mol. The van der Waals surface area contributed by atoms with Crippen molar-refractivity contribution in [2.24, 2.45) is 0 Å². The first-order valence-corrected chi connectivity index (χ1v) is 6.61. The molecule has 1 aliphatic heterocycles. The van der Waals surface area contributed by atoms with Crippen molar-refractivity contribution in [2.45, 2.75) is 32.8 Å². The summed E-state index contributed by atoms with van der Waals surface area (Å²) in [5.41, 5.74) is -0.410. The van der Waals surface area contributed by atoms with Gasteiger partial charge in [0, 0.05) is 46.4 Å². The molecule has 106 valence electrons. The van der Waals surface area contributed by atoms with Gasteiger partial charge in [0.2, 0.25) is 0 Å². The van der Waals surface area contributed by atoms with Crippen LogP contribution in [0, 0.1) is 0 Å². The van der Waals surface area contributed by atoms with Crippen molar-refractivity contribution in [3.8, 4) is 0 Å². The van der Waals surface area contributed by atoms with E-state index in [0.29, 0.717) is 0 Å². The van der Waals surface area contributed by atoms with Crippen LogP contribution in [0.3, 0.4) is 0 Å². The predicted molar refractivity (Wildman–Crippen MR) is 70.7 cm³/mol. The van der Waals surface area contributed by atoms with Gasteiger partial charge in [0.05, 0.1) is 0 Å². The average molecular weight is 258 g/mol. The third-order valence-electron chi connectivity index (χ3n) is 2.85. The Morgan fingerprint density at radius 3 is 2.28 bits per heavy atom. The lowest BCUT2D eigenvalue weighted by molar-refractivity contribution is 0.0139. The maximum absolute atomic E-state index is 11.8. The van der Waals surface area contributed by atoms with Gasteiger partial charge >= 0.3 is 6.09 Å². The lowest BCUT2D eigenvalue weighted by atomic mass is 10.2. The summed E-state index contributed by atoms with van der Waals surface area (Å²) in [5.74, 6) is 0. The molecule has 1 amide bonds. The lowest BCUT2D eigenvalue weighted by Gasteiger charge is -2.35. The molecule has 18 heavy (non-hydrogen) atoms. The Labute approximate surface area is 110 Å². The summed E-state index contributed by atoms with van der Waals surface area (Å²) in [7, 11) is 1.72. The smallest absolute Gasteiger partial charge is 0.410 e. The maximum atomic E-state index is 11.8. The van der Waals surface area contributed by atoms with Gasteiger partial charge in [-0.15, -0.1) is 0 Å². The monoisotopic (exact) mass is 258 g/mol. The summed E-state index contributed by atoms with van der Waals surface area (Å²) >= 11 is 0. The van der Waals surface area contributed by atoms with Crippen LogP contribution in [0.4, 0.5) is 4.79 Å². The van der Waals surface area contributed by atoms with Gasteiger partial charge in [0.1, 0.15) is 5.60 Å². The fourth-order valence-corrected chi connectivity index (χ4v) is 1.91. The van der Waals surface area contributed by atoms with Crippen LogP contribution in [0.5, 0.6) is 0 Å². The van der Waals surface area contributed by atoms with Crippen LogP contribution in [0.2, 0.25) is 0 Å². The molecule has 1 fully saturated rings. The van der Waals surface area contributed by atoms with Crippen molar-refractivity contribution >= 4 is 6.09 Å². The largest absolute Gasteiger partial charge is 0.444 e. The number of hydrogen-bond acceptors (Lipinski definition) is 4. The zero-order valence-corrected chi connectivity index (χ0v) is 12.1. The van der Waals surface area contributed by atoms with E-state index >= 15 is 0 Å². The Kier molecular flexibility index (Phi) is 5.88. The molecule has 0 unspecified atom stereocenters. The third kappa shape index (κ3) is 5.69. The second-order valence-corrected chi connectivity index (χ2v) is 5.66. The van der Waals surface area contributed by atoms with Crippen molar-refractivity contribution in [3.05, 3.63) is 0 Å². The van der Waals surface area contributed by atoms with Crippen molar-refractivity contribution < 1.29 is 14.3 Å². The zero-order valence-electron chi connectivity index (χ0n) is 12.1. The summed E-state index contributed by atoms with van der Waals surface area (Å²) in [5, 5.41) is 0. The van der Waals surface area contributed by atoms with Crippen molar-refractivity contribution in [1.82, 2.24) is 9.80 Å². The topological polar surface area (TPSA) is 42.0 Å². The Bertz CT molecular complexity index is 255. The van der Waals surface area contributed by atoms with Gasteiger partial charge in [-0.2, -0.15) is 0 Å². The second kappa shape index (κ2) is 6.95. The molecule has 1 aliphatic rings. The van der Waals surface area contributed by atoms with E-state index < -0.39 is 5.60 Å². The van der Waals surface area contributed by atoms with Gasteiger partial charge in [-0.1, -0.05) is 0 Å². The molecule has 1 heterocycles. The number of methoxy groups -OCH3 is 1. The van der Waals surface area contributed by atoms with Gasteiger partial charge in [0.25, 0.3) is 0 Å². The lowest BCUT2D eigenvalue weighted by Crippen LogP contribution is -2.50. The molecule has 0 aliphatic carbocycles. The third-order valence-corrected chi connectivity index (χ3v) is 2.85. The minimum atomic E-state index is -0.410. The molecule has 0 aromatic carbocycles. The molecule has 5 heteroatoms. The number of hydrogen-bond donors (Lipinski definition) is 0. The summed E-state index contributed by atoms with van der Waals surface area (Å²) in [6.45, 7) is 10.9. The molecule has 0 aromatic rings. The van der Waals surface area contributed by atoms with E-state index in [2.05, 4.69) is 4.90 Å². The van der Waals surface area contributed by atoms with Crippen LogP contribution in [0.15, 0.2) is 0 Å². The highest BCUT2D eigenvalue weighted by Gasteiger charge is 2.25. The summed E-state index contributed by atoms with van der Waals surface area (Å²) in [6.07, 6.45) is 0.849. The minimum Gasteiger partial charge on any atom is -0.444 e. The second-order valence-electron chi connectivity index (χ2n) is 5.66. The van der Waals surface area contributed by atoms with Gasteiger partial charge in [-0.25, -0.2) is 4.79 Å². The quantitative estimate of drug-likeness (QED) is 0.718. The Hall–Kier alpha value is -0.810. The van der Waals surface area contributed by atoms with Gasteiger partial charge in [0.15, 0.2) is 0 Å². The van der Waals surface area contributed by atoms with E-state index in [0.717, 1.165) is 45.8 Å². The Balaban J connectivity index is 2.24. The van der Waals surface area contributed by atoms with Crippen molar-refractivity contribution in [3.63, 3.8) is 0 Å². The number of amides is 1. The molecule has 0 N–H and O–H groups in total. The van der Waals surface area contributed by atoms with Crippen LogP contribution in [0.25, 0.3) is 0 Å². The molecule has 1 saturated heterocycles. The minimum absolute atomic E-state index is 0.195. The molecule has 0 atom stereocenters. The van der Waals surface area contributed by atoms with Crippen LogP contribution in [-0.4, -0.2) is 67.9 Å². The molecule has 0 radical (unpaired) electrons. The number of nitrogens with zero attached hydrogens (tertiary/aromatic N) is 2. The highest BCUT2D eigenvalue weighted by molar-refractivity contribution is 5.68. The normalized spacial score (nSPS) is 17.9. The Morgan fingerprint density at radius 2 is 1.78 bits per heavy atom. The van der Waals surface area contributed by atoms with E-state index in [1.807, 2.05) is 20.8 Å². The molecular formula is C13H26N2O3. The van der Waals surface area contributed by atoms with E-state index in [4.69, 9.17) is 9.47 Å². The van der Waals surface area contributed by atoms with E-state index in [1.54, 1.807) is 12.0 Å². The highest BCUT2D eigenvalue weighted by Crippen LogP contribution is 2.11. The first kappa shape index (κ1) is 15.2. The molecule has 1 rings (SSSR count). The number of carbonyl (C=O) groups excluding carboxylic acids is 1. The maximum Gasteiger partial charge on any atom is 0.410 e. The molecule has 0 aromatic heterocycles. The number of ether oxygens (including phenoxy) is 2. The summed E-state index contributed by atoms with van der Waals surface area (Å²) in [6, 6.07) is 0. The van der Waals surface area contributed by atoms with Gasteiger partial charge < -0.3 is 14.4 Å². The SMILES string of the molecule is COCCCN1CCN(C(=O)OC(C)(C)C)CC1. The Morgan fingerprint density at radius 1 is 1.17 bits per heavy atom. The summed E-state index contributed by atoms with van der Waals surface area (Å²) < 4.78 is 10.4. The fraction of sp³-hybridized carbons (Fsp3) is 0.923. The first-order valence-electron chi connectivity index (χ1n) is 6.61. The van der Waals surface area contributed by atoms with Gasteiger partial charge in [-0.05, 0) is 27.2 Å². The van der Waals surface area contributed by atoms with Gasteiger partial charge in [-0.3, -0.25) is 4.90 Å². The standard InChI is InChI=1S/C13H26N2O3/c1-13(2,3)18-12(16)15-9-7-14(8-10-15)6-5-11-17-4/h5-11H2,1-4H3. The van der Waals surface area contributed by atoms with Crippen molar-refractivity contribution in [1.29, 1.82) is 0 Å². The van der Waals surface area contributed by atoms with E-state index in [9.17, 15) is 4.79 Å². The molecule has 0 saturated carbocycles. The van der Waals surface area contributed by atoms with E-state index in [1.165, 1.54) is 0 Å². The average Bonchev–Trinajstić information content (AvgIpc) is 2.28. The number of carbonyl (C=O) groups is 1.